The average Bonchev–Trinajstić information content (AvgIpc) is 3.31. The summed E-state index contributed by atoms with van der Waals surface area (Å²) in [4.78, 5) is 29.4. The monoisotopic (exact) mass is 451 g/mol. The van der Waals surface area contributed by atoms with Crippen molar-refractivity contribution in [3.05, 3.63) is 124 Å². The smallest absolute Gasteiger partial charge is 0.353 e. The van der Waals surface area contributed by atoms with Crippen LogP contribution in [0, 0.1) is 0 Å². The molecule has 7 nitrogen and oxygen atoms in total. The van der Waals surface area contributed by atoms with E-state index >= 15 is 0 Å². The molecule has 3 aromatic carbocycles. The van der Waals surface area contributed by atoms with Gasteiger partial charge in [-0.05, 0) is 35.4 Å². The maximum absolute atomic E-state index is 13.4. The van der Waals surface area contributed by atoms with Crippen LogP contribution in [0.5, 0.6) is 5.75 Å². The van der Waals surface area contributed by atoms with E-state index in [1.807, 2.05) is 84.9 Å². The highest BCUT2D eigenvalue weighted by molar-refractivity contribution is 5.86. The van der Waals surface area contributed by atoms with Crippen LogP contribution in [0.25, 0.3) is 16.9 Å². The Bertz CT molecular complexity index is 1510. The number of H-pyrrole nitrogens is 1. The number of ether oxygens (including phenoxy) is 1. The number of aromatic amines is 1. The highest BCUT2D eigenvalue weighted by atomic mass is 16.5. The number of aromatic nitrogens is 3. The number of fused-ring (bicyclic) bond motifs is 1. The van der Waals surface area contributed by atoms with E-state index in [2.05, 4.69) is 10.1 Å². The number of benzene rings is 3. The molecule has 0 bridgehead atoms. The zero-order valence-electron chi connectivity index (χ0n) is 18.1. The second-order valence-electron chi connectivity index (χ2n) is 7.87. The third kappa shape index (κ3) is 4.31. The Morgan fingerprint density at radius 3 is 2.21 bits per heavy atom. The molecule has 168 valence electrons. The first-order valence-electron chi connectivity index (χ1n) is 10.8. The summed E-state index contributed by atoms with van der Waals surface area (Å²) in [5.41, 5.74) is 3.57. The number of carboxylic acids is 1. The Balaban J connectivity index is 1.53. The molecule has 0 atom stereocenters. The zero-order valence-corrected chi connectivity index (χ0v) is 18.1. The summed E-state index contributed by atoms with van der Waals surface area (Å²) >= 11 is 0. The standard InChI is InChI=1S/C27H21N3O4/c31-26-22(15-18-7-3-1-4-8-18)25(28-24-16-23(27(32)33)29-30(24)26)20-11-13-21(14-12-20)34-17-19-9-5-2-6-10-19/h1-14,16,29H,15,17H2,(H,32,33). The van der Waals surface area contributed by atoms with Crippen LogP contribution in [0.15, 0.2) is 95.8 Å². The van der Waals surface area contributed by atoms with Crippen molar-refractivity contribution in [1.29, 1.82) is 0 Å². The number of nitrogens with one attached hydrogen (secondary N) is 1. The van der Waals surface area contributed by atoms with Gasteiger partial charge in [0, 0.05) is 18.1 Å². The molecule has 5 rings (SSSR count). The van der Waals surface area contributed by atoms with Crippen LogP contribution in [0.1, 0.15) is 27.2 Å². The van der Waals surface area contributed by atoms with E-state index in [0.29, 0.717) is 30.0 Å². The van der Waals surface area contributed by atoms with Crippen molar-refractivity contribution < 1.29 is 14.6 Å². The maximum atomic E-state index is 13.4. The van der Waals surface area contributed by atoms with Gasteiger partial charge in [-0.25, -0.2) is 14.3 Å². The molecular formula is C27H21N3O4. The van der Waals surface area contributed by atoms with Gasteiger partial charge in [-0.15, -0.1) is 0 Å². The summed E-state index contributed by atoms with van der Waals surface area (Å²) in [7, 11) is 0. The van der Waals surface area contributed by atoms with Crippen molar-refractivity contribution in [2.24, 2.45) is 0 Å². The van der Waals surface area contributed by atoms with Crippen LogP contribution < -0.4 is 10.3 Å². The first-order valence-corrected chi connectivity index (χ1v) is 10.8. The van der Waals surface area contributed by atoms with Crippen LogP contribution in [0.2, 0.25) is 0 Å². The highest BCUT2D eigenvalue weighted by Crippen LogP contribution is 2.25. The lowest BCUT2D eigenvalue weighted by Crippen LogP contribution is -2.22. The average molecular weight is 451 g/mol. The second-order valence-corrected chi connectivity index (χ2v) is 7.87. The number of aromatic carboxylic acids is 1. The predicted octanol–water partition coefficient (Wildman–Crippen LogP) is 4.56. The molecule has 0 saturated heterocycles. The lowest BCUT2D eigenvalue weighted by molar-refractivity contribution is 0.0690. The SMILES string of the molecule is O=C(O)c1cc2nc(-c3ccc(OCc4ccccc4)cc3)c(Cc3ccccc3)c(=O)n2[nH]1. The van der Waals surface area contributed by atoms with Crippen molar-refractivity contribution in [2.75, 3.05) is 0 Å². The summed E-state index contributed by atoms with van der Waals surface area (Å²) in [5.74, 6) is -0.458. The van der Waals surface area contributed by atoms with Crippen molar-refractivity contribution in [1.82, 2.24) is 14.6 Å². The molecule has 0 radical (unpaired) electrons. The Morgan fingerprint density at radius 2 is 1.56 bits per heavy atom. The molecule has 2 N–H and O–H groups in total. The largest absolute Gasteiger partial charge is 0.489 e. The van der Waals surface area contributed by atoms with Gasteiger partial charge in [0.2, 0.25) is 0 Å². The normalized spacial score (nSPS) is 10.9. The Kier molecular flexibility index (Phi) is 5.66. The van der Waals surface area contributed by atoms with Crippen LogP contribution in [-0.4, -0.2) is 25.7 Å². The molecule has 0 saturated carbocycles. The number of hydrogen-bond acceptors (Lipinski definition) is 4. The topological polar surface area (TPSA) is 96.7 Å². The Hall–Kier alpha value is -4.65. The number of rotatable bonds is 7. The molecule has 5 aromatic rings. The lowest BCUT2D eigenvalue weighted by Gasteiger charge is -2.11. The molecule has 34 heavy (non-hydrogen) atoms. The number of hydrogen-bond donors (Lipinski definition) is 2. The van der Waals surface area contributed by atoms with Gasteiger partial charge in [-0.1, -0.05) is 60.7 Å². The molecule has 0 fully saturated rings. The van der Waals surface area contributed by atoms with Crippen molar-refractivity contribution in [3.63, 3.8) is 0 Å². The van der Waals surface area contributed by atoms with Gasteiger partial charge < -0.3 is 9.84 Å². The summed E-state index contributed by atoms with van der Waals surface area (Å²) < 4.78 is 7.06. The van der Waals surface area contributed by atoms with Crippen LogP contribution >= 0.6 is 0 Å². The van der Waals surface area contributed by atoms with Crippen molar-refractivity contribution >= 4 is 11.6 Å². The Morgan fingerprint density at radius 1 is 0.912 bits per heavy atom. The summed E-state index contributed by atoms with van der Waals surface area (Å²) in [5, 5.41) is 12.0. The van der Waals surface area contributed by atoms with Gasteiger partial charge in [0.25, 0.3) is 5.56 Å². The number of carboxylic acid groups (broad SMARTS) is 1. The van der Waals surface area contributed by atoms with Gasteiger partial charge in [0.1, 0.15) is 18.1 Å². The molecule has 0 amide bonds. The minimum atomic E-state index is -1.16. The molecule has 2 heterocycles. The third-order valence-corrected chi connectivity index (χ3v) is 5.54. The molecule has 0 spiro atoms. The van der Waals surface area contributed by atoms with E-state index in [1.54, 1.807) is 0 Å². The zero-order chi connectivity index (χ0) is 23.5. The van der Waals surface area contributed by atoms with Gasteiger partial charge >= 0.3 is 5.97 Å². The number of carbonyl (C=O) groups is 1. The molecule has 0 aliphatic heterocycles. The molecule has 7 heteroatoms. The van der Waals surface area contributed by atoms with E-state index in [9.17, 15) is 14.7 Å². The first kappa shape index (κ1) is 21.2. The first-order chi connectivity index (χ1) is 16.6. The quantitative estimate of drug-likeness (QED) is 0.378. The highest BCUT2D eigenvalue weighted by Gasteiger charge is 2.18. The van der Waals surface area contributed by atoms with Crippen molar-refractivity contribution in [3.8, 4) is 17.0 Å². The maximum Gasteiger partial charge on any atom is 0.353 e. The minimum absolute atomic E-state index is 0.0999. The molecule has 0 aliphatic rings. The van der Waals surface area contributed by atoms with E-state index in [4.69, 9.17) is 4.74 Å². The van der Waals surface area contributed by atoms with Gasteiger partial charge in [-0.2, -0.15) is 0 Å². The van der Waals surface area contributed by atoms with Crippen LogP contribution in [0.3, 0.4) is 0 Å². The van der Waals surface area contributed by atoms with E-state index < -0.39 is 5.97 Å². The Labute approximate surface area is 194 Å². The van der Waals surface area contributed by atoms with Gasteiger partial charge in [0.15, 0.2) is 5.65 Å². The van der Waals surface area contributed by atoms with E-state index in [0.717, 1.165) is 16.7 Å². The minimum Gasteiger partial charge on any atom is -0.489 e. The molecule has 2 aromatic heterocycles. The summed E-state index contributed by atoms with van der Waals surface area (Å²) in [6.45, 7) is 0.451. The summed E-state index contributed by atoms with van der Waals surface area (Å²) in [6.07, 6.45) is 0.360. The third-order valence-electron chi connectivity index (χ3n) is 5.54. The summed E-state index contributed by atoms with van der Waals surface area (Å²) in [6, 6.07) is 28.3. The van der Waals surface area contributed by atoms with Gasteiger partial charge in [0.05, 0.1) is 11.3 Å². The van der Waals surface area contributed by atoms with E-state index in [-0.39, 0.29) is 16.9 Å². The van der Waals surface area contributed by atoms with Gasteiger partial charge in [-0.3, -0.25) is 9.89 Å². The fraction of sp³-hybridized carbons (Fsp3) is 0.0741. The molecule has 0 unspecified atom stereocenters. The lowest BCUT2D eigenvalue weighted by atomic mass is 10.0. The van der Waals surface area contributed by atoms with Crippen LogP contribution in [0.4, 0.5) is 0 Å². The fourth-order valence-corrected chi connectivity index (χ4v) is 3.82. The van der Waals surface area contributed by atoms with Crippen LogP contribution in [-0.2, 0) is 13.0 Å². The fourth-order valence-electron chi connectivity index (χ4n) is 3.82. The second kappa shape index (κ2) is 9.07. The molecular weight excluding hydrogens is 430 g/mol. The van der Waals surface area contributed by atoms with E-state index in [1.165, 1.54) is 10.6 Å². The predicted molar refractivity (Wildman–Crippen MR) is 128 cm³/mol. The van der Waals surface area contributed by atoms with Crippen molar-refractivity contribution in [2.45, 2.75) is 13.0 Å². The molecule has 0 aliphatic carbocycles. The number of nitrogens with zero attached hydrogens (tertiary/aromatic N) is 2.